The molecule has 0 aliphatic carbocycles. The van der Waals surface area contributed by atoms with Crippen LogP contribution in [0.2, 0.25) is 0 Å². The minimum Gasteiger partial charge on any atom is -0.322 e. The zero-order valence-electron chi connectivity index (χ0n) is 8.12. The van der Waals surface area contributed by atoms with Crippen LogP contribution in [0.15, 0.2) is 6.07 Å². The van der Waals surface area contributed by atoms with E-state index in [1.54, 1.807) is 0 Å². The van der Waals surface area contributed by atoms with Gasteiger partial charge in [0.25, 0.3) is 0 Å². The van der Waals surface area contributed by atoms with Crippen LogP contribution in [0.1, 0.15) is 30.8 Å². The van der Waals surface area contributed by atoms with Crippen molar-refractivity contribution in [2.24, 2.45) is 5.73 Å². The van der Waals surface area contributed by atoms with Crippen molar-refractivity contribution in [1.82, 2.24) is 9.78 Å². The molecule has 0 bridgehead atoms. The Balaban J connectivity index is 2.92. The number of terminal acetylenes is 1. The van der Waals surface area contributed by atoms with Gasteiger partial charge in [0.05, 0.1) is 17.4 Å². The zero-order chi connectivity index (χ0) is 9.84. The van der Waals surface area contributed by atoms with Crippen molar-refractivity contribution in [3.05, 3.63) is 17.5 Å². The molecule has 0 spiro atoms. The fourth-order valence-electron chi connectivity index (χ4n) is 1.35. The molecule has 70 valence electrons. The van der Waals surface area contributed by atoms with Gasteiger partial charge in [0, 0.05) is 13.0 Å². The minimum absolute atomic E-state index is 0.0915. The standard InChI is InChI=1S/C10H15N3/c1-4-6-9(11)10-7-8(3)12-13(10)5-2/h1,7,9H,5-6,11H2,2-3H3. The number of nitrogens with two attached hydrogens (primary N) is 1. The van der Waals surface area contributed by atoms with Crippen LogP contribution in [0.3, 0.4) is 0 Å². The summed E-state index contributed by atoms with van der Waals surface area (Å²) in [5.41, 5.74) is 7.91. The Kier molecular flexibility index (Phi) is 3.10. The van der Waals surface area contributed by atoms with Gasteiger partial charge in [0.15, 0.2) is 0 Å². The molecule has 0 aliphatic heterocycles. The summed E-state index contributed by atoms with van der Waals surface area (Å²) >= 11 is 0. The zero-order valence-corrected chi connectivity index (χ0v) is 8.12. The van der Waals surface area contributed by atoms with E-state index in [0.717, 1.165) is 17.9 Å². The molecule has 0 aliphatic rings. The van der Waals surface area contributed by atoms with Crippen molar-refractivity contribution >= 4 is 0 Å². The van der Waals surface area contributed by atoms with Gasteiger partial charge in [-0.3, -0.25) is 4.68 Å². The van der Waals surface area contributed by atoms with Crippen LogP contribution in [0, 0.1) is 19.3 Å². The monoisotopic (exact) mass is 177 g/mol. The summed E-state index contributed by atoms with van der Waals surface area (Å²) in [5, 5.41) is 4.30. The number of rotatable bonds is 3. The SMILES string of the molecule is C#CCC(N)c1cc(C)nn1CC. The first-order valence-electron chi connectivity index (χ1n) is 4.42. The van der Waals surface area contributed by atoms with E-state index >= 15 is 0 Å². The molecule has 1 heterocycles. The van der Waals surface area contributed by atoms with Gasteiger partial charge in [-0.05, 0) is 19.9 Å². The van der Waals surface area contributed by atoms with Crippen molar-refractivity contribution in [3.63, 3.8) is 0 Å². The lowest BCUT2D eigenvalue weighted by Crippen LogP contribution is -2.15. The lowest BCUT2D eigenvalue weighted by Gasteiger charge is -2.09. The van der Waals surface area contributed by atoms with E-state index in [1.807, 2.05) is 24.6 Å². The van der Waals surface area contributed by atoms with E-state index in [0.29, 0.717) is 6.42 Å². The van der Waals surface area contributed by atoms with Crippen molar-refractivity contribution < 1.29 is 0 Å². The molecule has 1 aromatic heterocycles. The summed E-state index contributed by atoms with van der Waals surface area (Å²) in [6.45, 7) is 4.83. The summed E-state index contributed by atoms with van der Waals surface area (Å²) < 4.78 is 1.90. The van der Waals surface area contributed by atoms with Gasteiger partial charge < -0.3 is 5.73 Å². The van der Waals surface area contributed by atoms with Gasteiger partial charge in [0.1, 0.15) is 0 Å². The fraction of sp³-hybridized carbons (Fsp3) is 0.500. The predicted molar refractivity (Wildman–Crippen MR) is 53.0 cm³/mol. The highest BCUT2D eigenvalue weighted by atomic mass is 15.3. The van der Waals surface area contributed by atoms with Gasteiger partial charge in [0.2, 0.25) is 0 Å². The molecular weight excluding hydrogens is 162 g/mol. The molecule has 0 radical (unpaired) electrons. The van der Waals surface area contributed by atoms with E-state index in [4.69, 9.17) is 12.2 Å². The van der Waals surface area contributed by atoms with Crippen LogP contribution in [-0.4, -0.2) is 9.78 Å². The number of aromatic nitrogens is 2. The Labute approximate surface area is 78.9 Å². The van der Waals surface area contributed by atoms with Gasteiger partial charge >= 0.3 is 0 Å². The Bertz CT molecular complexity index is 319. The molecule has 2 N–H and O–H groups in total. The van der Waals surface area contributed by atoms with Crippen LogP contribution >= 0.6 is 0 Å². The predicted octanol–water partition coefficient (Wildman–Crippen LogP) is 1.23. The first kappa shape index (κ1) is 9.82. The van der Waals surface area contributed by atoms with Gasteiger partial charge in [-0.1, -0.05) is 0 Å². The maximum atomic E-state index is 5.89. The molecule has 1 rings (SSSR count). The normalized spacial score (nSPS) is 12.5. The van der Waals surface area contributed by atoms with E-state index in [2.05, 4.69) is 11.0 Å². The quantitative estimate of drug-likeness (QED) is 0.706. The smallest absolute Gasteiger partial charge is 0.0597 e. The Morgan fingerprint density at radius 2 is 2.46 bits per heavy atom. The molecule has 0 saturated heterocycles. The minimum atomic E-state index is -0.0915. The first-order chi connectivity index (χ1) is 6.19. The molecule has 3 heteroatoms. The molecule has 3 nitrogen and oxygen atoms in total. The van der Waals surface area contributed by atoms with Crippen molar-refractivity contribution in [2.45, 2.75) is 32.9 Å². The average Bonchev–Trinajstić information content (AvgIpc) is 2.47. The van der Waals surface area contributed by atoms with Gasteiger partial charge in [-0.15, -0.1) is 12.3 Å². The maximum absolute atomic E-state index is 5.89. The van der Waals surface area contributed by atoms with Crippen LogP contribution in [0.5, 0.6) is 0 Å². The second-order valence-electron chi connectivity index (χ2n) is 3.04. The molecule has 0 saturated carbocycles. The topological polar surface area (TPSA) is 43.8 Å². The molecule has 1 aromatic rings. The molecular formula is C10H15N3. The summed E-state index contributed by atoms with van der Waals surface area (Å²) in [6.07, 6.45) is 5.77. The lowest BCUT2D eigenvalue weighted by molar-refractivity contribution is 0.574. The van der Waals surface area contributed by atoms with Crippen LogP contribution in [0.4, 0.5) is 0 Å². The van der Waals surface area contributed by atoms with E-state index in [9.17, 15) is 0 Å². The Hall–Kier alpha value is -1.27. The Morgan fingerprint density at radius 1 is 1.77 bits per heavy atom. The molecule has 1 unspecified atom stereocenters. The van der Waals surface area contributed by atoms with Crippen molar-refractivity contribution in [3.8, 4) is 12.3 Å². The second kappa shape index (κ2) is 4.11. The summed E-state index contributed by atoms with van der Waals surface area (Å²) in [4.78, 5) is 0. The van der Waals surface area contributed by atoms with Crippen molar-refractivity contribution in [2.75, 3.05) is 0 Å². The maximum Gasteiger partial charge on any atom is 0.0597 e. The summed E-state index contributed by atoms with van der Waals surface area (Å²) in [7, 11) is 0. The van der Waals surface area contributed by atoms with Crippen LogP contribution in [0.25, 0.3) is 0 Å². The number of nitrogens with zero attached hydrogens (tertiary/aromatic N) is 2. The molecule has 0 aromatic carbocycles. The second-order valence-corrected chi connectivity index (χ2v) is 3.04. The molecule has 0 fully saturated rings. The molecule has 13 heavy (non-hydrogen) atoms. The average molecular weight is 177 g/mol. The van der Waals surface area contributed by atoms with E-state index in [1.165, 1.54) is 0 Å². The fourth-order valence-corrected chi connectivity index (χ4v) is 1.35. The highest BCUT2D eigenvalue weighted by Gasteiger charge is 2.10. The Morgan fingerprint density at radius 3 is 3.00 bits per heavy atom. The highest BCUT2D eigenvalue weighted by Crippen LogP contribution is 2.14. The molecule has 0 amide bonds. The van der Waals surface area contributed by atoms with Crippen molar-refractivity contribution in [1.29, 1.82) is 0 Å². The summed E-state index contributed by atoms with van der Waals surface area (Å²) in [5.74, 6) is 2.56. The van der Waals surface area contributed by atoms with E-state index in [-0.39, 0.29) is 6.04 Å². The summed E-state index contributed by atoms with van der Waals surface area (Å²) in [6, 6.07) is 1.90. The lowest BCUT2D eigenvalue weighted by atomic mass is 10.1. The number of aryl methyl sites for hydroxylation is 2. The van der Waals surface area contributed by atoms with Crippen LogP contribution in [-0.2, 0) is 6.54 Å². The number of hydrogen-bond donors (Lipinski definition) is 1. The highest BCUT2D eigenvalue weighted by molar-refractivity contribution is 5.14. The van der Waals surface area contributed by atoms with Crippen LogP contribution < -0.4 is 5.73 Å². The van der Waals surface area contributed by atoms with E-state index < -0.39 is 0 Å². The van der Waals surface area contributed by atoms with Gasteiger partial charge in [-0.25, -0.2) is 0 Å². The van der Waals surface area contributed by atoms with Gasteiger partial charge in [-0.2, -0.15) is 5.10 Å². The number of hydrogen-bond acceptors (Lipinski definition) is 2. The third-order valence-corrected chi connectivity index (χ3v) is 1.95. The molecule has 1 atom stereocenters. The third-order valence-electron chi connectivity index (χ3n) is 1.95. The third kappa shape index (κ3) is 2.10. The largest absolute Gasteiger partial charge is 0.322 e. The first-order valence-corrected chi connectivity index (χ1v) is 4.42.